The van der Waals surface area contributed by atoms with Crippen LogP contribution in [0.15, 0.2) is 29.6 Å². The van der Waals surface area contributed by atoms with E-state index in [2.05, 4.69) is 11.8 Å². The number of aliphatic hydroxyl groups excluding tert-OH is 1. The summed E-state index contributed by atoms with van der Waals surface area (Å²) in [5.41, 5.74) is 0.643. The second-order valence-electron chi connectivity index (χ2n) is 3.92. The van der Waals surface area contributed by atoms with Gasteiger partial charge in [-0.05, 0) is 12.1 Å². The summed E-state index contributed by atoms with van der Waals surface area (Å²) in [6.07, 6.45) is 0. The molecule has 0 fully saturated rings. The summed E-state index contributed by atoms with van der Waals surface area (Å²) >= 11 is 7.25. The minimum absolute atomic E-state index is 0.128. The van der Waals surface area contributed by atoms with Gasteiger partial charge in [0.2, 0.25) is 0 Å². The number of nitro groups is 1. The van der Waals surface area contributed by atoms with E-state index in [1.165, 1.54) is 29.5 Å². The highest BCUT2D eigenvalue weighted by atomic mass is 35.5. The zero-order valence-electron chi connectivity index (χ0n) is 10.7. The van der Waals surface area contributed by atoms with Crippen LogP contribution < -0.4 is 4.74 Å². The largest absolute Gasteiger partial charge is 0.481 e. The molecule has 21 heavy (non-hydrogen) atoms. The monoisotopic (exact) mass is 323 g/mol. The molecule has 1 aromatic carbocycles. The minimum Gasteiger partial charge on any atom is -0.481 e. The lowest BCUT2D eigenvalue weighted by Crippen LogP contribution is -1.97. The predicted molar refractivity (Wildman–Crippen MR) is 80.7 cm³/mol. The van der Waals surface area contributed by atoms with E-state index >= 15 is 0 Å². The Morgan fingerprint density at radius 1 is 1.43 bits per heavy atom. The second-order valence-corrected chi connectivity index (χ2v) is 5.35. The van der Waals surface area contributed by atoms with Gasteiger partial charge in [0.1, 0.15) is 13.2 Å². The Morgan fingerprint density at radius 3 is 2.95 bits per heavy atom. The quantitative estimate of drug-likeness (QED) is 0.532. The molecule has 0 aliphatic heterocycles. The van der Waals surface area contributed by atoms with Crippen molar-refractivity contribution >= 4 is 28.6 Å². The number of aliphatic hydroxyl groups is 1. The number of ether oxygens (including phenoxy) is 1. The number of thiophene rings is 1. The van der Waals surface area contributed by atoms with Crippen LogP contribution in [0.25, 0.3) is 0 Å². The zero-order valence-corrected chi connectivity index (χ0v) is 12.3. The second kappa shape index (κ2) is 7.09. The Morgan fingerprint density at radius 2 is 2.24 bits per heavy atom. The summed E-state index contributed by atoms with van der Waals surface area (Å²) < 4.78 is 5.47. The summed E-state index contributed by atoms with van der Waals surface area (Å²) in [5.74, 6) is 5.45. The van der Waals surface area contributed by atoms with Crippen LogP contribution in [-0.2, 0) is 6.61 Å². The van der Waals surface area contributed by atoms with E-state index in [9.17, 15) is 10.1 Å². The van der Waals surface area contributed by atoms with Gasteiger partial charge in [0.25, 0.3) is 0 Å². The highest BCUT2D eigenvalue weighted by molar-refractivity contribution is 7.10. The average Bonchev–Trinajstić information content (AvgIpc) is 2.90. The van der Waals surface area contributed by atoms with Crippen molar-refractivity contribution in [3.63, 3.8) is 0 Å². The van der Waals surface area contributed by atoms with E-state index in [0.29, 0.717) is 5.02 Å². The van der Waals surface area contributed by atoms with Gasteiger partial charge < -0.3 is 9.84 Å². The Labute approximate surface area is 129 Å². The summed E-state index contributed by atoms with van der Waals surface area (Å²) in [4.78, 5) is 11.3. The maximum Gasteiger partial charge on any atom is 0.311 e. The average molecular weight is 324 g/mol. The summed E-state index contributed by atoms with van der Waals surface area (Å²) in [6.45, 7) is -0.0109. The van der Waals surface area contributed by atoms with Gasteiger partial charge in [-0.3, -0.25) is 10.1 Å². The van der Waals surface area contributed by atoms with Crippen LogP contribution in [0.5, 0.6) is 5.75 Å². The fourth-order valence-electron chi connectivity index (χ4n) is 1.57. The van der Waals surface area contributed by atoms with E-state index < -0.39 is 4.92 Å². The molecule has 0 bridgehead atoms. The van der Waals surface area contributed by atoms with E-state index in [1.54, 1.807) is 0 Å². The van der Waals surface area contributed by atoms with Crippen LogP contribution >= 0.6 is 22.9 Å². The van der Waals surface area contributed by atoms with Gasteiger partial charge in [0, 0.05) is 33.0 Å². The molecule has 0 aliphatic carbocycles. The zero-order chi connectivity index (χ0) is 15.2. The van der Waals surface area contributed by atoms with Crippen LogP contribution in [0.3, 0.4) is 0 Å². The molecular formula is C14H10ClNO4S. The van der Waals surface area contributed by atoms with E-state index in [4.69, 9.17) is 21.4 Å². The third-order valence-electron chi connectivity index (χ3n) is 2.45. The van der Waals surface area contributed by atoms with Gasteiger partial charge in [-0.15, -0.1) is 11.3 Å². The van der Waals surface area contributed by atoms with Crippen molar-refractivity contribution in [1.29, 1.82) is 0 Å². The standard InChI is InChI=1S/C14H10ClNO4S/c15-11-3-4-13(16(18)19)14(7-11)20-8-12-6-10(9-21-12)2-1-5-17/h3-4,6-7,9,17H,5,8H2. The molecule has 7 heteroatoms. The number of hydrogen-bond donors (Lipinski definition) is 1. The summed E-state index contributed by atoms with van der Waals surface area (Å²) in [5, 5.41) is 21.7. The molecule has 1 aromatic heterocycles. The predicted octanol–water partition coefficient (Wildman–Crippen LogP) is 3.23. The van der Waals surface area contributed by atoms with Crippen LogP contribution in [0.4, 0.5) is 5.69 Å². The maximum atomic E-state index is 10.9. The first-order chi connectivity index (χ1) is 10.1. The van der Waals surface area contributed by atoms with Gasteiger partial charge >= 0.3 is 5.69 Å². The highest BCUT2D eigenvalue weighted by Crippen LogP contribution is 2.31. The molecule has 0 unspecified atom stereocenters. The fraction of sp³-hybridized carbons (Fsp3) is 0.143. The van der Waals surface area contributed by atoms with Crippen LogP contribution in [0.1, 0.15) is 10.4 Å². The first-order valence-electron chi connectivity index (χ1n) is 5.84. The molecule has 0 radical (unpaired) electrons. The first-order valence-corrected chi connectivity index (χ1v) is 7.10. The number of nitro benzene ring substituents is 1. The lowest BCUT2D eigenvalue weighted by Gasteiger charge is -2.05. The van der Waals surface area contributed by atoms with E-state index in [1.807, 2.05) is 11.4 Å². The van der Waals surface area contributed by atoms with Gasteiger partial charge in [-0.2, -0.15) is 0 Å². The Hall–Kier alpha value is -2.07. The SMILES string of the molecule is O=[N+]([O-])c1ccc(Cl)cc1OCc1cc(C#CCO)cs1. The number of hydrogen-bond acceptors (Lipinski definition) is 5. The van der Waals surface area contributed by atoms with E-state index in [0.717, 1.165) is 10.4 Å². The molecular weight excluding hydrogens is 314 g/mol. The topological polar surface area (TPSA) is 72.6 Å². The normalized spacial score (nSPS) is 9.81. The molecule has 0 saturated heterocycles. The van der Waals surface area contributed by atoms with Gasteiger partial charge in [-0.25, -0.2) is 0 Å². The van der Waals surface area contributed by atoms with Crippen LogP contribution in [0, 0.1) is 22.0 Å². The number of benzene rings is 1. The third-order valence-corrected chi connectivity index (χ3v) is 3.60. The molecule has 2 aromatic rings. The van der Waals surface area contributed by atoms with E-state index in [-0.39, 0.29) is 24.7 Å². The molecule has 5 nitrogen and oxygen atoms in total. The Bertz CT molecular complexity index is 717. The molecule has 0 amide bonds. The van der Waals surface area contributed by atoms with Gasteiger partial charge in [-0.1, -0.05) is 23.4 Å². The molecule has 0 aliphatic rings. The van der Waals surface area contributed by atoms with Crippen molar-refractivity contribution in [3.05, 3.63) is 55.2 Å². The fourth-order valence-corrected chi connectivity index (χ4v) is 2.46. The number of nitrogens with zero attached hydrogens (tertiary/aromatic N) is 1. The van der Waals surface area contributed by atoms with Gasteiger partial charge in [0.15, 0.2) is 5.75 Å². The van der Waals surface area contributed by atoms with Crippen molar-refractivity contribution in [2.75, 3.05) is 6.61 Å². The van der Waals surface area contributed by atoms with Crippen LogP contribution in [0.2, 0.25) is 5.02 Å². The van der Waals surface area contributed by atoms with Crippen LogP contribution in [-0.4, -0.2) is 16.6 Å². The number of halogens is 1. The van der Waals surface area contributed by atoms with Crippen molar-refractivity contribution in [1.82, 2.24) is 0 Å². The molecule has 1 heterocycles. The minimum atomic E-state index is -0.516. The molecule has 2 rings (SSSR count). The lowest BCUT2D eigenvalue weighted by molar-refractivity contribution is -0.385. The van der Waals surface area contributed by atoms with Crippen molar-refractivity contribution in [3.8, 4) is 17.6 Å². The third kappa shape index (κ3) is 4.20. The first kappa shape index (κ1) is 15.3. The van der Waals surface area contributed by atoms with Crippen molar-refractivity contribution in [2.45, 2.75) is 6.61 Å². The Balaban J connectivity index is 2.11. The Kier molecular flexibility index (Phi) is 5.17. The summed E-state index contributed by atoms with van der Waals surface area (Å²) in [6, 6.07) is 5.98. The van der Waals surface area contributed by atoms with Crippen molar-refractivity contribution < 1.29 is 14.8 Å². The smallest absolute Gasteiger partial charge is 0.311 e. The maximum absolute atomic E-state index is 10.9. The molecule has 108 valence electrons. The summed E-state index contributed by atoms with van der Waals surface area (Å²) in [7, 11) is 0. The van der Waals surface area contributed by atoms with Crippen molar-refractivity contribution in [2.24, 2.45) is 0 Å². The highest BCUT2D eigenvalue weighted by Gasteiger charge is 2.15. The lowest BCUT2D eigenvalue weighted by atomic mass is 10.3. The molecule has 0 spiro atoms. The van der Waals surface area contributed by atoms with Gasteiger partial charge in [0.05, 0.1) is 4.92 Å². The molecule has 1 N–H and O–H groups in total. The molecule has 0 saturated carbocycles. The number of rotatable bonds is 4. The molecule has 0 atom stereocenters.